The molecule has 2 N–H and O–H groups in total. The van der Waals surface area contributed by atoms with Crippen LogP contribution in [0.1, 0.15) is 41.0 Å². The quantitative estimate of drug-likeness (QED) is 0.815. The number of nitrogens with one attached hydrogen (secondary N) is 2. The minimum Gasteiger partial charge on any atom is -0.378 e. The number of anilines is 1. The third kappa shape index (κ3) is 3.86. The fourth-order valence-corrected chi connectivity index (χ4v) is 3.54. The Hall–Kier alpha value is -1.33. The highest BCUT2D eigenvalue weighted by Gasteiger charge is 2.23. The zero-order valence-electron chi connectivity index (χ0n) is 11.7. The Morgan fingerprint density at radius 2 is 2.05 bits per heavy atom. The molecule has 3 nitrogen and oxygen atoms in total. The summed E-state index contributed by atoms with van der Waals surface area (Å²) in [5.41, 5.74) is 1.74. The Bertz CT molecular complexity index is 634. The van der Waals surface area contributed by atoms with Crippen LogP contribution in [0.15, 0.2) is 40.2 Å². The van der Waals surface area contributed by atoms with Crippen molar-refractivity contribution < 1.29 is 4.79 Å². The van der Waals surface area contributed by atoms with Crippen molar-refractivity contribution in [2.24, 2.45) is 0 Å². The first-order chi connectivity index (χ1) is 10.1. The molecular formula is C16H17BrN2OS. The molecule has 5 heteroatoms. The average Bonchev–Trinajstić information content (AvgIpc) is 3.17. The lowest BCUT2D eigenvalue weighted by molar-refractivity contribution is 0.0951. The number of halogens is 1. The van der Waals surface area contributed by atoms with Gasteiger partial charge in [0, 0.05) is 32.0 Å². The van der Waals surface area contributed by atoms with Gasteiger partial charge in [0.25, 0.3) is 5.91 Å². The van der Waals surface area contributed by atoms with Crippen LogP contribution >= 0.6 is 27.3 Å². The van der Waals surface area contributed by atoms with Crippen LogP contribution in [-0.4, -0.2) is 11.9 Å². The van der Waals surface area contributed by atoms with Gasteiger partial charge in [-0.2, -0.15) is 0 Å². The smallest absolute Gasteiger partial charge is 0.251 e. The molecule has 1 aliphatic carbocycles. The van der Waals surface area contributed by atoms with E-state index in [0.29, 0.717) is 6.04 Å². The van der Waals surface area contributed by atoms with Gasteiger partial charge < -0.3 is 10.6 Å². The van der Waals surface area contributed by atoms with Crippen LogP contribution in [0, 0.1) is 0 Å². The van der Waals surface area contributed by atoms with Crippen LogP contribution in [0.25, 0.3) is 0 Å². The molecule has 1 saturated carbocycles. The lowest BCUT2D eigenvalue weighted by Crippen LogP contribution is -2.25. The third-order valence-corrected chi connectivity index (χ3v) is 5.33. The van der Waals surface area contributed by atoms with Gasteiger partial charge in [0.1, 0.15) is 0 Å². The predicted molar refractivity (Wildman–Crippen MR) is 91.0 cm³/mol. The SMILES string of the molecule is CC(Nc1ccc(C(=O)NC2CC2)cc1)c1cc(Br)cs1. The third-order valence-electron chi connectivity index (χ3n) is 3.46. The lowest BCUT2D eigenvalue weighted by atomic mass is 10.1. The van der Waals surface area contributed by atoms with Crippen molar-refractivity contribution in [3.63, 3.8) is 0 Å². The van der Waals surface area contributed by atoms with E-state index in [4.69, 9.17) is 0 Å². The molecule has 2 aromatic rings. The van der Waals surface area contributed by atoms with Gasteiger partial charge in [0.2, 0.25) is 0 Å². The van der Waals surface area contributed by atoms with Crippen molar-refractivity contribution in [3.8, 4) is 0 Å². The molecule has 0 radical (unpaired) electrons. The first kappa shape index (κ1) is 14.6. The minimum absolute atomic E-state index is 0.0271. The van der Waals surface area contributed by atoms with Gasteiger partial charge in [-0.1, -0.05) is 0 Å². The molecule has 1 aromatic heterocycles. The van der Waals surface area contributed by atoms with E-state index in [-0.39, 0.29) is 11.9 Å². The second-order valence-electron chi connectivity index (χ2n) is 5.36. The second kappa shape index (κ2) is 6.20. The number of amides is 1. The molecule has 1 aliphatic rings. The molecule has 3 rings (SSSR count). The summed E-state index contributed by atoms with van der Waals surface area (Å²) in [6.07, 6.45) is 2.22. The molecular weight excluding hydrogens is 348 g/mol. The average molecular weight is 365 g/mol. The molecule has 1 heterocycles. The molecule has 0 saturated heterocycles. The van der Waals surface area contributed by atoms with Crippen LogP contribution in [0.3, 0.4) is 0 Å². The van der Waals surface area contributed by atoms with Crippen molar-refractivity contribution in [2.45, 2.75) is 31.8 Å². The molecule has 0 spiro atoms. The van der Waals surface area contributed by atoms with Crippen LogP contribution in [0.4, 0.5) is 5.69 Å². The molecule has 21 heavy (non-hydrogen) atoms. The highest BCUT2D eigenvalue weighted by atomic mass is 79.9. The minimum atomic E-state index is 0.0271. The molecule has 0 bridgehead atoms. The van der Waals surface area contributed by atoms with Crippen molar-refractivity contribution >= 4 is 38.9 Å². The lowest BCUT2D eigenvalue weighted by Gasteiger charge is -2.14. The maximum atomic E-state index is 11.9. The van der Waals surface area contributed by atoms with E-state index in [2.05, 4.69) is 44.9 Å². The number of rotatable bonds is 5. The summed E-state index contributed by atoms with van der Waals surface area (Å²) in [5.74, 6) is 0.0271. The van der Waals surface area contributed by atoms with E-state index < -0.39 is 0 Å². The molecule has 0 aliphatic heterocycles. The summed E-state index contributed by atoms with van der Waals surface area (Å²) in [6.45, 7) is 2.13. The van der Waals surface area contributed by atoms with Crippen LogP contribution < -0.4 is 10.6 Å². The van der Waals surface area contributed by atoms with Gasteiger partial charge in [-0.15, -0.1) is 11.3 Å². The fraction of sp³-hybridized carbons (Fsp3) is 0.312. The van der Waals surface area contributed by atoms with E-state index in [1.54, 1.807) is 11.3 Å². The van der Waals surface area contributed by atoms with Crippen LogP contribution in [0.2, 0.25) is 0 Å². The summed E-state index contributed by atoms with van der Waals surface area (Å²) in [4.78, 5) is 13.2. The number of hydrogen-bond acceptors (Lipinski definition) is 3. The molecule has 1 aromatic carbocycles. The highest BCUT2D eigenvalue weighted by molar-refractivity contribution is 9.10. The van der Waals surface area contributed by atoms with E-state index in [9.17, 15) is 4.79 Å². The second-order valence-corrected chi connectivity index (χ2v) is 7.22. The Morgan fingerprint density at radius 3 is 2.62 bits per heavy atom. The summed E-state index contributed by atoms with van der Waals surface area (Å²) in [7, 11) is 0. The fourth-order valence-electron chi connectivity index (χ4n) is 2.09. The van der Waals surface area contributed by atoms with Gasteiger partial charge in [0.05, 0.1) is 6.04 Å². The maximum Gasteiger partial charge on any atom is 0.251 e. The Morgan fingerprint density at radius 1 is 1.33 bits per heavy atom. The zero-order valence-corrected chi connectivity index (χ0v) is 14.1. The highest BCUT2D eigenvalue weighted by Crippen LogP contribution is 2.28. The predicted octanol–water partition coefficient (Wildman–Crippen LogP) is 4.58. The number of benzene rings is 1. The van der Waals surface area contributed by atoms with E-state index in [1.807, 2.05) is 24.3 Å². The zero-order chi connectivity index (χ0) is 14.8. The summed E-state index contributed by atoms with van der Waals surface area (Å²) >= 11 is 5.20. The van der Waals surface area contributed by atoms with Crippen molar-refractivity contribution in [3.05, 3.63) is 50.6 Å². The van der Waals surface area contributed by atoms with Gasteiger partial charge in [-0.25, -0.2) is 0 Å². The first-order valence-electron chi connectivity index (χ1n) is 7.03. The number of carbonyl (C=O) groups is 1. The Labute approximate surface area is 136 Å². The Kier molecular flexibility index (Phi) is 4.31. The van der Waals surface area contributed by atoms with E-state index in [0.717, 1.165) is 28.6 Å². The monoisotopic (exact) mass is 364 g/mol. The van der Waals surface area contributed by atoms with Crippen LogP contribution in [0.5, 0.6) is 0 Å². The van der Waals surface area contributed by atoms with Crippen LogP contribution in [-0.2, 0) is 0 Å². The number of hydrogen-bond donors (Lipinski definition) is 2. The van der Waals surface area contributed by atoms with Gasteiger partial charge in [0.15, 0.2) is 0 Å². The van der Waals surface area contributed by atoms with E-state index in [1.165, 1.54) is 4.88 Å². The van der Waals surface area contributed by atoms with Crippen molar-refractivity contribution in [1.29, 1.82) is 0 Å². The number of thiophene rings is 1. The largest absolute Gasteiger partial charge is 0.378 e. The standard InChI is InChI=1S/C16H17BrN2OS/c1-10(15-8-12(17)9-21-15)18-13-4-2-11(3-5-13)16(20)19-14-6-7-14/h2-5,8-10,14,18H,6-7H2,1H3,(H,19,20). The molecule has 1 fully saturated rings. The van der Waals surface area contributed by atoms with Crippen molar-refractivity contribution in [1.82, 2.24) is 5.32 Å². The normalized spacial score (nSPS) is 15.5. The molecule has 1 amide bonds. The summed E-state index contributed by atoms with van der Waals surface area (Å²) in [5, 5.41) is 8.53. The maximum absolute atomic E-state index is 11.9. The Balaban J connectivity index is 1.62. The van der Waals surface area contributed by atoms with E-state index >= 15 is 0 Å². The van der Waals surface area contributed by atoms with Gasteiger partial charge in [-0.3, -0.25) is 4.79 Å². The summed E-state index contributed by atoms with van der Waals surface area (Å²) < 4.78 is 1.11. The summed E-state index contributed by atoms with van der Waals surface area (Å²) in [6, 6.07) is 10.4. The van der Waals surface area contributed by atoms with Crippen molar-refractivity contribution in [2.75, 3.05) is 5.32 Å². The topological polar surface area (TPSA) is 41.1 Å². The number of carbonyl (C=O) groups excluding carboxylic acids is 1. The molecule has 1 unspecified atom stereocenters. The van der Waals surface area contributed by atoms with Gasteiger partial charge >= 0.3 is 0 Å². The molecule has 1 atom stereocenters. The molecule has 110 valence electrons. The first-order valence-corrected chi connectivity index (χ1v) is 8.70. The van der Waals surface area contributed by atoms with Gasteiger partial charge in [-0.05, 0) is 66.0 Å².